The van der Waals surface area contributed by atoms with Crippen LogP contribution in [-0.2, 0) is 6.18 Å². The Morgan fingerprint density at radius 3 is 2.61 bits per heavy atom. The molecule has 10 heteroatoms. The van der Waals surface area contributed by atoms with Crippen LogP contribution in [0.3, 0.4) is 0 Å². The van der Waals surface area contributed by atoms with E-state index in [0.29, 0.717) is 5.56 Å². The van der Waals surface area contributed by atoms with Gasteiger partial charge in [0.05, 0.1) is 0 Å². The lowest BCUT2D eigenvalue weighted by molar-refractivity contribution is -0.141. The third-order valence-corrected chi connectivity index (χ3v) is 4.66. The number of carboxylic acid groups (broad SMARTS) is 1. The summed E-state index contributed by atoms with van der Waals surface area (Å²) >= 11 is 1.34. The van der Waals surface area contributed by atoms with Gasteiger partial charge in [-0.2, -0.15) is 13.2 Å². The number of amides is 1. The number of carbonyl (C=O) groups is 1. The summed E-state index contributed by atoms with van der Waals surface area (Å²) in [5, 5.41) is 8.80. The van der Waals surface area contributed by atoms with Gasteiger partial charge in [-0.3, -0.25) is 9.20 Å². The zero-order valence-electron chi connectivity index (χ0n) is 11.3. The Morgan fingerprint density at radius 1 is 1.39 bits per heavy atom. The lowest BCUT2D eigenvalue weighted by Crippen LogP contribution is -2.47. The molecule has 0 unspecified atom stereocenters. The number of rotatable bonds is 1. The van der Waals surface area contributed by atoms with Crippen LogP contribution in [0.4, 0.5) is 18.0 Å². The Kier molecular flexibility index (Phi) is 3.73. The summed E-state index contributed by atoms with van der Waals surface area (Å²) in [6.07, 6.45) is -4.38. The van der Waals surface area contributed by atoms with Crippen LogP contribution in [0.1, 0.15) is 17.2 Å². The molecule has 1 saturated heterocycles. The van der Waals surface area contributed by atoms with Gasteiger partial charge in [0.25, 0.3) is 5.56 Å². The predicted octanol–water partition coefficient (Wildman–Crippen LogP) is 2.40. The van der Waals surface area contributed by atoms with Gasteiger partial charge in [0.2, 0.25) is 0 Å². The van der Waals surface area contributed by atoms with Gasteiger partial charge in [0, 0.05) is 25.2 Å². The largest absolute Gasteiger partial charge is 0.465 e. The van der Waals surface area contributed by atoms with Crippen LogP contribution < -0.4 is 5.56 Å². The number of fused-ring (bicyclic) bond motifs is 1. The van der Waals surface area contributed by atoms with Crippen molar-refractivity contribution >= 4 is 34.3 Å². The number of hydrogen-bond donors (Lipinski definition) is 1. The Balaban J connectivity index is 2.05. The maximum absolute atomic E-state index is 12.9. The lowest BCUT2D eigenvalue weighted by Gasteiger charge is -2.37. The van der Waals surface area contributed by atoms with Gasteiger partial charge in [-0.15, -0.1) is 0 Å². The van der Waals surface area contributed by atoms with E-state index in [9.17, 15) is 22.8 Å². The van der Waals surface area contributed by atoms with Gasteiger partial charge < -0.3 is 10.0 Å². The topological polar surface area (TPSA) is 74.9 Å². The van der Waals surface area contributed by atoms with Crippen LogP contribution in [0.25, 0.3) is 5.65 Å². The maximum atomic E-state index is 12.9. The maximum Gasteiger partial charge on any atom is 0.434 e. The quantitative estimate of drug-likeness (QED) is 0.693. The van der Waals surface area contributed by atoms with Gasteiger partial charge in [0.1, 0.15) is 9.22 Å². The highest BCUT2D eigenvalue weighted by atomic mass is 127. The highest BCUT2D eigenvalue weighted by Gasteiger charge is 2.37. The first-order valence-electron chi connectivity index (χ1n) is 6.45. The molecule has 0 aliphatic carbocycles. The van der Waals surface area contributed by atoms with Crippen molar-refractivity contribution in [3.05, 3.63) is 43.5 Å². The summed E-state index contributed by atoms with van der Waals surface area (Å²) in [4.78, 5) is 27.5. The molecule has 1 N–H and O–H groups in total. The number of halogens is 4. The summed E-state index contributed by atoms with van der Waals surface area (Å²) in [6, 6.07) is 3.00. The summed E-state index contributed by atoms with van der Waals surface area (Å²) in [7, 11) is 0. The minimum Gasteiger partial charge on any atom is -0.465 e. The second kappa shape index (κ2) is 5.35. The van der Waals surface area contributed by atoms with Crippen LogP contribution in [0.2, 0.25) is 0 Å². The molecule has 2 aromatic heterocycles. The summed E-state index contributed by atoms with van der Waals surface area (Å²) in [6.45, 7) is 0.540. The molecule has 6 nitrogen and oxygen atoms in total. The van der Waals surface area contributed by atoms with Crippen molar-refractivity contribution < 1.29 is 23.1 Å². The molecule has 3 rings (SSSR count). The number of aromatic nitrogens is 2. The molecule has 3 heterocycles. The third kappa shape index (κ3) is 2.75. The molecule has 0 bridgehead atoms. The normalized spacial score (nSPS) is 15.7. The molecular formula is C13H9F3IN3O3. The van der Waals surface area contributed by atoms with Crippen LogP contribution in [-0.4, -0.2) is 38.6 Å². The van der Waals surface area contributed by atoms with Crippen molar-refractivity contribution in [3.63, 3.8) is 0 Å². The average Bonchev–Trinajstić information content (AvgIpc) is 2.39. The fraction of sp³-hybridized carbons (Fsp3) is 0.308. The molecule has 23 heavy (non-hydrogen) atoms. The molecular weight excluding hydrogens is 430 g/mol. The molecule has 1 fully saturated rings. The second-order valence-electron chi connectivity index (χ2n) is 5.15. The van der Waals surface area contributed by atoms with Crippen molar-refractivity contribution in [2.24, 2.45) is 0 Å². The standard InChI is InChI=1S/C13H9F3IN3O3/c14-13(15,16)10-9(17)11(21)20-2-1-6(3-8(20)18-10)7-4-19(5-7)12(22)23/h1-3,7H,4-5H2,(H,22,23). The van der Waals surface area contributed by atoms with Gasteiger partial charge in [-0.05, 0) is 40.3 Å². The molecule has 0 atom stereocenters. The average molecular weight is 439 g/mol. The Bertz CT molecular complexity index is 859. The summed E-state index contributed by atoms with van der Waals surface area (Å²) in [5.41, 5.74) is -1.44. The Hall–Kier alpha value is -1.85. The van der Waals surface area contributed by atoms with E-state index in [4.69, 9.17) is 5.11 Å². The van der Waals surface area contributed by atoms with E-state index in [-0.39, 0.29) is 24.7 Å². The van der Waals surface area contributed by atoms with Crippen molar-refractivity contribution in [3.8, 4) is 0 Å². The first-order chi connectivity index (χ1) is 10.7. The van der Waals surface area contributed by atoms with Gasteiger partial charge in [-0.25, -0.2) is 9.78 Å². The van der Waals surface area contributed by atoms with Crippen LogP contribution in [0.15, 0.2) is 23.1 Å². The minimum atomic E-state index is -4.71. The third-order valence-electron chi connectivity index (χ3n) is 3.69. The molecule has 1 amide bonds. The predicted molar refractivity (Wildman–Crippen MR) is 81.5 cm³/mol. The Morgan fingerprint density at radius 2 is 2.04 bits per heavy atom. The fourth-order valence-corrected chi connectivity index (χ4v) is 3.11. The number of alkyl halides is 3. The molecule has 2 aromatic rings. The Labute approximate surface area is 140 Å². The number of pyridine rings is 1. The molecule has 1 aliphatic rings. The van der Waals surface area contributed by atoms with E-state index in [0.717, 1.165) is 4.40 Å². The van der Waals surface area contributed by atoms with Crippen LogP contribution >= 0.6 is 22.6 Å². The zero-order valence-corrected chi connectivity index (χ0v) is 13.5. The first-order valence-corrected chi connectivity index (χ1v) is 7.53. The number of nitrogens with zero attached hydrogens (tertiary/aromatic N) is 3. The molecule has 122 valence electrons. The smallest absolute Gasteiger partial charge is 0.434 e. The van der Waals surface area contributed by atoms with Crippen LogP contribution in [0, 0.1) is 3.57 Å². The molecule has 0 radical (unpaired) electrons. The van der Waals surface area contributed by atoms with E-state index >= 15 is 0 Å². The zero-order chi connectivity index (χ0) is 16.9. The highest BCUT2D eigenvalue weighted by Crippen LogP contribution is 2.31. The monoisotopic (exact) mass is 439 g/mol. The lowest BCUT2D eigenvalue weighted by atomic mass is 9.92. The van der Waals surface area contributed by atoms with E-state index in [1.165, 1.54) is 39.8 Å². The number of hydrogen-bond acceptors (Lipinski definition) is 3. The minimum absolute atomic E-state index is 0.103. The van der Waals surface area contributed by atoms with Gasteiger partial charge in [-0.1, -0.05) is 0 Å². The first kappa shape index (κ1) is 16.0. The van der Waals surface area contributed by atoms with Crippen molar-refractivity contribution in [2.75, 3.05) is 13.1 Å². The number of likely N-dealkylation sites (tertiary alicyclic amines) is 1. The fourth-order valence-electron chi connectivity index (χ4n) is 2.42. The molecule has 0 saturated carbocycles. The van der Waals surface area contributed by atoms with Crippen molar-refractivity contribution in [2.45, 2.75) is 12.1 Å². The summed E-state index contributed by atoms with van der Waals surface area (Å²) in [5.74, 6) is -0.110. The van der Waals surface area contributed by atoms with E-state index in [1.54, 1.807) is 6.07 Å². The summed E-state index contributed by atoms with van der Waals surface area (Å²) < 4.78 is 39.4. The van der Waals surface area contributed by atoms with E-state index < -0.39 is 27.1 Å². The van der Waals surface area contributed by atoms with Gasteiger partial charge in [0.15, 0.2) is 5.69 Å². The van der Waals surface area contributed by atoms with E-state index in [2.05, 4.69) is 4.98 Å². The second-order valence-corrected chi connectivity index (χ2v) is 6.23. The van der Waals surface area contributed by atoms with E-state index in [1.807, 2.05) is 0 Å². The molecule has 0 aromatic carbocycles. The van der Waals surface area contributed by atoms with Crippen molar-refractivity contribution in [1.29, 1.82) is 0 Å². The van der Waals surface area contributed by atoms with Crippen LogP contribution in [0.5, 0.6) is 0 Å². The van der Waals surface area contributed by atoms with Gasteiger partial charge >= 0.3 is 12.3 Å². The molecule has 1 aliphatic heterocycles. The molecule has 0 spiro atoms. The highest BCUT2D eigenvalue weighted by molar-refractivity contribution is 14.1. The SMILES string of the molecule is O=C(O)N1CC(c2ccn3c(=O)c(I)c(C(F)(F)F)nc3c2)C1. The van der Waals surface area contributed by atoms with Crippen molar-refractivity contribution in [1.82, 2.24) is 14.3 Å².